The number of hydrogen-bond acceptors (Lipinski definition) is 4. The van der Waals surface area contributed by atoms with Crippen molar-refractivity contribution in [2.75, 3.05) is 0 Å². The highest BCUT2D eigenvalue weighted by Crippen LogP contribution is 2.30. The van der Waals surface area contributed by atoms with Gasteiger partial charge in [-0.3, -0.25) is 0 Å². The Morgan fingerprint density at radius 1 is 0.917 bits per heavy atom. The Morgan fingerprint density at radius 3 is 1.83 bits per heavy atom. The highest BCUT2D eigenvalue weighted by Gasteiger charge is 2.40. The van der Waals surface area contributed by atoms with Gasteiger partial charge in [-0.05, 0) is 20.8 Å². The van der Waals surface area contributed by atoms with Gasteiger partial charge < -0.3 is 0 Å². The summed E-state index contributed by atoms with van der Waals surface area (Å²) in [6.45, 7) is 7.26. The van der Waals surface area contributed by atoms with Gasteiger partial charge in [0.15, 0.2) is 0 Å². The largest absolute Gasteiger partial charge is 0.231 e. The minimum atomic E-state index is -0.812. The zero-order valence-electron chi connectivity index (χ0n) is 8.05. The van der Waals surface area contributed by atoms with E-state index in [1.807, 2.05) is 6.92 Å². The lowest BCUT2D eigenvalue weighted by molar-refractivity contribution is -0.648. The molecule has 1 rings (SSSR count). The summed E-state index contributed by atoms with van der Waals surface area (Å²) in [6.07, 6.45) is 1.69. The van der Waals surface area contributed by atoms with Crippen LogP contribution < -0.4 is 0 Å². The first-order valence-corrected chi connectivity index (χ1v) is 4.21. The molecule has 0 amide bonds. The quantitative estimate of drug-likeness (QED) is 0.604. The molecule has 0 N–H and O–H groups in total. The zero-order chi connectivity index (χ0) is 9.24. The van der Waals surface area contributed by atoms with Crippen LogP contribution in [0.5, 0.6) is 0 Å². The second-order valence-corrected chi connectivity index (χ2v) is 3.62. The fraction of sp³-hybridized carbons (Fsp3) is 1.00. The summed E-state index contributed by atoms with van der Waals surface area (Å²) in [6, 6.07) is 0. The van der Waals surface area contributed by atoms with Crippen LogP contribution in [-0.2, 0) is 19.6 Å². The second-order valence-electron chi connectivity index (χ2n) is 3.62. The third-order valence-electron chi connectivity index (χ3n) is 1.54. The molecule has 0 unspecified atom stereocenters. The van der Waals surface area contributed by atoms with Crippen molar-refractivity contribution < 1.29 is 19.6 Å². The van der Waals surface area contributed by atoms with Crippen LogP contribution in [0, 0.1) is 0 Å². The van der Waals surface area contributed by atoms with Gasteiger partial charge in [-0.25, -0.2) is 0 Å². The number of rotatable bonds is 2. The van der Waals surface area contributed by atoms with E-state index in [-0.39, 0.29) is 0 Å². The maximum Gasteiger partial charge on any atom is 0.231 e. The van der Waals surface area contributed by atoms with Crippen LogP contribution in [0.25, 0.3) is 0 Å². The van der Waals surface area contributed by atoms with E-state index in [2.05, 4.69) is 0 Å². The molecule has 4 nitrogen and oxygen atoms in total. The molecular weight excluding hydrogens is 160 g/mol. The molecule has 0 radical (unpaired) electrons. The van der Waals surface area contributed by atoms with Gasteiger partial charge in [0.2, 0.25) is 11.6 Å². The van der Waals surface area contributed by atoms with E-state index in [0.717, 1.165) is 12.8 Å². The number of hydrogen-bond donors (Lipinski definition) is 0. The first kappa shape index (κ1) is 9.92. The Hall–Kier alpha value is -0.160. The van der Waals surface area contributed by atoms with Crippen LogP contribution in [0.3, 0.4) is 0 Å². The van der Waals surface area contributed by atoms with E-state index in [1.165, 1.54) is 0 Å². The predicted molar refractivity (Wildman–Crippen MR) is 41.7 cm³/mol. The molecule has 0 bridgehead atoms. The Kier molecular flexibility index (Phi) is 2.73. The third kappa shape index (κ3) is 2.42. The molecule has 0 aromatic carbocycles. The van der Waals surface area contributed by atoms with E-state index >= 15 is 0 Å². The minimum absolute atomic E-state index is 0.739. The predicted octanol–water partition coefficient (Wildman–Crippen LogP) is 2.15. The lowest BCUT2D eigenvalue weighted by Crippen LogP contribution is -2.46. The average molecular weight is 176 g/mol. The summed E-state index contributed by atoms with van der Waals surface area (Å²) in [7, 11) is 0. The van der Waals surface area contributed by atoms with Crippen molar-refractivity contribution in [2.24, 2.45) is 0 Å². The Balaban J connectivity index is 2.44. The summed E-state index contributed by atoms with van der Waals surface area (Å²) in [5.74, 6) is -1.57. The highest BCUT2D eigenvalue weighted by molar-refractivity contribution is 4.61. The van der Waals surface area contributed by atoms with Crippen molar-refractivity contribution in [1.29, 1.82) is 0 Å². The molecule has 0 atom stereocenters. The van der Waals surface area contributed by atoms with Gasteiger partial charge in [-0.15, -0.1) is 0 Å². The highest BCUT2D eigenvalue weighted by atomic mass is 17.4. The normalized spacial score (nSPS) is 27.0. The average Bonchev–Trinajstić information content (AvgIpc) is 1.98. The van der Waals surface area contributed by atoms with Gasteiger partial charge >= 0.3 is 0 Å². The lowest BCUT2D eigenvalue weighted by Gasteiger charge is -2.37. The van der Waals surface area contributed by atoms with Crippen molar-refractivity contribution in [2.45, 2.75) is 52.1 Å². The monoisotopic (exact) mass is 176 g/mol. The Morgan fingerprint density at radius 2 is 1.42 bits per heavy atom. The van der Waals surface area contributed by atoms with Gasteiger partial charge in [-0.1, -0.05) is 13.3 Å². The van der Waals surface area contributed by atoms with E-state index < -0.39 is 11.6 Å². The first-order valence-electron chi connectivity index (χ1n) is 4.21. The molecular formula is C8H16O4. The molecule has 0 aromatic heterocycles. The maximum atomic E-state index is 5.07. The lowest BCUT2D eigenvalue weighted by atomic mass is 10.2. The fourth-order valence-corrected chi connectivity index (χ4v) is 0.942. The van der Waals surface area contributed by atoms with Gasteiger partial charge in [0.25, 0.3) is 0 Å². The Labute approximate surface area is 72.6 Å². The zero-order valence-corrected chi connectivity index (χ0v) is 8.05. The van der Waals surface area contributed by atoms with E-state index in [9.17, 15) is 0 Å². The molecule has 0 spiro atoms. The SMILES string of the molecule is CCCC1(C)OOC(C)(C)OO1. The van der Waals surface area contributed by atoms with Crippen LogP contribution in [0.4, 0.5) is 0 Å². The minimum Gasteiger partial charge on any atom is -0.195 e. The summed E-state index contributed by atoms with van der Waals surface area (Å²) in [5.41, 5.74) is 0. The van der Waals surface area contributed by atoms with Gasteiger partial charge in [0.1, 0.15) is 0 Å². The van der Waals surface area contributed by atoms with Crippen LogP contribution in [0.1, 0.15) is 40.5 Å². The molecule has 72 valence electrons. The molecule has 1 aliphatic heterocycles. The van der Waals surface area contributed by atoms with Gasteiger partial charge in [0.05, 0.1) is 0 Å². The van der Waals surface area contributed by atoms with Gasteiger partial charge in [0, 0.05) is 6.42 Å². The molecule has 12 heavy (non-hydrogen) atoms. The van der Waals surface area contributed by atoms with E-state index in [1.54, 1.807) is 20.8 Å². The Bertz CT molecular complexity index is 145. The standard InChI is InChI=1S/C8H16O4/c1-5-6-8(4)11-9-7(2,3)10-12-8/h5-6H2,1-4H3. The molecule has 1 fully saturated rings. The first-order chi connectivity index (χ1) is 5.47. The molecule has 1 saturated heterocycles. The maximum absolute atomic E-state index is 5.07. The van der Waals surface area contributed by atoms with E-state index in [0.29, 0.717) is 0 Å². The molecule has 0 aliphatic carbocycles. The second kappa shape index (κ2) is 3.30. The molecule has 0 saturated carbocycles. The molecule has 1 aliphatic rings. The summed E-state index contributed by atoms with van der Waals surface area (Å²) in [5, 5.41) is 0. The van der Waals surface area contributed by atoms with Crippen molar-refractivity contribution in [3.05, 3.63) is 0 Å². The molecule has 4 heteroatoms. The molecule has 1 heterocycles. The van der Waals surface area contributed by atoms with Crippen molar-refractivity contribution in [3.63, 3.8) is 0 Å². The summed E-state index contributed by atoms with van der Waals surface area (Å²) >= 11 is 0. The van der Waals surface area contributed by atoms with Crippen molar-refractivity contribution >= 4 is 0 Å². The summed E-state index contributed by atoms with van der Waals surface area (Å²) < 4.78 is 0. The van der Waals surface area contributed by atoms with Crippen LogP contribution in [-0.4, -0.2) is 11.6 Å². The third-order valence-corrected chi connectivity index (χ3v) is 1.54. The summed E-state index contributed by atoms with van der Waals surface area (Å²) in [4.78, 5) is 20.1. The van der Waals surface area contributed by atoms with Crippen molar-refractivity contribution in [3.8, 4) is 0 Å². The molecule has 0 aromatic rings. The van der Waals surface area contributed by atoms with Crippen LogP contribution in [0.15, 0.2) is 0 Å². The fourth-order valence-electron chi connectivity index (χ4n) is 0.942. The van der Waals surface area contributed by atoms with Crippen LogP contribution in [0.2, 0.25) is 0 Å². The van der Waals surface area contributed by atoms with Crippen molar-refractivity contribution in [1.82, 2.24) is 0 Å². The van der Waals surface area contributed by atoms with Crippen LogP contribution >= 0.6 is 0 Å². The topological polar surface area (TPSA) is 36.9 Å². The smallest absolute Gasteiger partial charge is 0.195 e. The van der Waals surface area contributed by atoms with E-state index in [4.69, 9.17) is 19.6 Å². The van der Waals surface area contributed by atoms with Gasteiger partial charge in [-0.2, -0.15) is 19.6 Å².